The molecule has 2 rings (SSSR count). The summed E-state index contributed by atoms with van der Waals surface area (Å²) in [7, 11) is 0. The molecule has 0 radical (unpaired) electrons. The van der Waals surface area contributed by atoms with Crippen LogP contribution in [-0.4, -0.2) is 53.1 Å². The van der Waals surface area contributed by atoms with Crippen LogP contribution in [0.2, 0.25) is 0 Å². The Morgan fingerprint density at radius 3 is 2.94 bits per heavy atom. The van der Waals surface area contributed by atoms with Gasteiger partial charge in [0.2, 0.25) is 5.95 Å². The molecule has 1 aliphatic heterocycles. The lowest BCUT2D eigenvalue weighted by Gasteiger charge is -2.22. The van der Waals surface area contributed by atoms with E-state index in [0.29, 0.717) is 0 Å². The number of anilines is 1. The summed E-state index contributed by atoms with van der Waals surface area (Å²) in [4.78, 5) is 9.29. The first-order chi connectivity index (χ1) is 8.35. The van der Waals surface area contributed by atoms with Crippen LogP contribution in [0.1, 0.15) is 13.3 Å². The Kier molecular flexibility index (Phi) is 4.68. The largest absolute Gasteiger partial charge is 0.341 e. The van der Waals surface area contributed by atoms with Crippen molar-refractivity contribution in [2.45, 2.75) is 19.9 Å². The van der Waals surface area contributed by atoms with Crippen LogP contribution < -0.4 is 4.90 Å². The number of imidazole rings is 1. The highest BCUT2D eigenvalue weighted by atomic mass is 35.5. The number of aryl methyl sites for hydroxylation is 1. The summed E-state index contributed by atoms with van der Waals surface area (Å²) < 4.78 is 2.21. The Morgan fingerprint density at radius 2 is 2.18 bits per heavy atom. The van der Waals surface area contributed by atoms with Gasteiger partial charge in [-0.15, -0.1) is 11.6 Å². The van der Waals surface area contributed by atoms with Crippen molar-refractivity contribution in [3.8, 4) is 0 Å². The number of hydrogen-bond donors (Lipinski definition) is 0. The minimum atomic E-state index is 0.726. The average Bonchev–Trinajstić information content (AvgIpc) is 2.70. The summed E-state index contributed by atoms with van der Waals surface area (Å²) in [6.45, 7) is 8.51. The highest BCUT2D eigenvalue weighted by molar-refractivity contribution is 6.18. The van der Waals surface area contributed by atoms with E-state index in [1.807, 2.05) is 6.20 Å². The number of rotatable bonds is 4. The van der Waals surface area contributed by atoms with Crippen LogP contribution in [0.25, 0.3) is 0 Å². The molecule has 1 aliphatic rings. The highest BCUT2D eigenvalue weighted by Crippen LogP contribution is 2.14. The summed E-state index contributed by atoms with van der Waals surface area (Å²) in [5.41, 5.74) is 0. The van der Waals surface area contributed by atoms with Gasteiger partial charge in [0.05, 0.1) is 0 Å². The van der Waals surface area contributed by atoms with Gasteiger partial charge in [0, 0.05) is 51.0 Å². The molecule has 2 heterocycles. The van der Waals surface area contributed by atoms with Gasteiger partial charge >= 0.3 is 0 Å². The fourth-order valence-electron chi connectivity index (χ4n) is 2.35. The fraction of sp³-hybridized carbons (Fsp3) is 0.750. The maximum absolute atomic E-state index is 5.80. The molecule has 5 heteroatoms. The molecule has 17 heavy (non-hydrogen) atoms. The van der Waals surface area contributed by atoms with Gasteiger partial charge in [-0.25, -0.2) is 4.98 Å². The second kappa shape index (κ2) is 6.26. The molecule has 4 nitrogen and oxygen atoms in total. The highest BCUT2D eigenvalue weighted by Gasteiger charge is 2.17. The van der Waals surface area contributed by atoms with E-state index in [0.717, 1.165) is 51.1 Å². The number of alkyl halides is 1. The second-order valence-electron chi connectivity index (χ2n) is 4.38. The van der Waals surface area contributed by atoms with Crippen molar-refractivity contribution in [3.63, 3.8) is 0 Å². The molecule has 1 fully saturated rings. The predicted octanol–water partition coefficient (Wildman–Crippen LogP) is 1.65. The van der Waals surface area contributed by atoms with E-state index >= 15 is 0 Å². The van der Waals surface area contributed by atoms with E-state index in [9.17, 15) is 0 Å². The second-order valence-corrected chi connectivity index (χ2v) is 4.76. The van der Waals surface area contributed by atoms with Gasteiger partial charge in [0.25, 0.3) is 0 Å². The third-order valence-electron chi connectivity index (χ3n) is 3.31. The van der Waals surface area contributed by atoms with Crippen molar-refractivity contribution in [1.82, 2.24) is 14.5 Å². The van der Waals surface area contributed by atoms with E-state index in [2.05, 4.69) is 32.5 Å². The minimum absolute atomic E-state index is 0.726. The summed E-state index contributed by atoms with van der Waals surface area (Å²) in [5, 5.41) is 0. The third-order valence-corrected chi connectivity index (χ3v) is 3.48. The van der Waals surface area contributed by atoms with Crippen molar-refractivity contribution in [2.24, 2.45) is 0 Å². The van der Waals surface area contributed by atoms with Gasteiger partial charge in [0.15, 0.2) is 0 Å². The van der Waals surface area contributed by atoms with Crippen molar-refractivity contribution in [1.29, 1.82) is 0 Å². The normalized spacial score (nSPS) is 18.4. The summed E-state index contributed by atoms with van der Waals surface area (Å²) in [5.74, 6) is 1.84. The number of hydrogen-bond acceptors (Lipinski definition) is 3. The molecule has 1 aromatic heterocycles. The van der Waals surface area contributed by atoms with Crippen LogP contribution in [0.3, 0.4) is 0 Å². The SMILES string of the molecule is CCn1ccnc1N1CCCN(CCCl)CC1. The first-order valence-corrected chi connectivity index (χ1v) is 6.93. The van der Waals surface area contributed by atoms with E-state index in [1.54, 1.807) is 0 Å². The number of nitrogens with zero attached hydrogens (tertiary/aromatic N) is 4. The van der Waals surface area contributed by atoms with E-state index in [4.69, 9.17) is 11.6 Å². The van der Waals surface area contributed by atoms with Crippen LogP contribution in [0.15, 0.2) is 12.4 Å². The first kappa shape index (κ1) is 12.7. The predicted molar refractivity (Wildman–Crippen MR) is 71.9 cm³/mol. The van der Waals surface area contributed by atoms with Crippen molar-refractivity contribution >= 4 is 17.5 Å². The fourth-order valence-corrected chi connectivity index (χ4v) is 2.58. The molecule has 0 atom stereocenters. The topological polar surface area (TPSA) is 24.3 Å². The monoisotopic (exact) mass is 256 g/mol. The Morgan fingerprint density at radius 1 is 1.29 bits per heavy atom. The number of halogens is 1. The lowest BCUT2D eigenvalue weighted by atomic mass is 10.4. The van der Waals surface area contributed by atoms with E-state index in [-0.39, 0.29) is 0 Å². The molecule has 1 aromatic rings. The minimum Gasteiger partial charge on any atom is -0.341 e. The molecule has 0 aromatic carbocycles. The molecule has 1 saturated heterocycles. The quantitative estimate of drug-likeness (QED) is 0.766. The third kappa shape index (κ3) is 3.13. The summed E-state index contributed by atoms with van der Waals surface area (Å²) in [6, 6.07) is 0. The van der Waals surface area contributed by atoms with Gasteiger partial charge in [-0.2, -0.15) is 0 Å². The zero-order valence-electron chi connectivity index (χ0n) is 10.5. The van der Waals surface area contributed by atoms with Crippen LogP contribution in [0.4, 0.5) is 5.95 Å². The Labute approximate surface area is 108 Å². The van der Waals surface area contributed by atoms with Crippen molar-refractivity contribution < 1.29 is 0 Å². The summed E-state index contributed by atoms with van der Waals surface area (Å²) in [6.07, 6.45) is 5.13. The molecule has 0 aliphatic carbocycles. The molecule has 0 saturated carbocycles. The van der Waals surface area contributed by atoms with Gasteiger partial charge in [-0.05, 0) is 19.9 Å². The molecular weight excluding hydrogens is 236 g/mol. The molecule has 96 valence electrons. The Balaban J connectivity index is 1.99. The molecular formula is C12H21ClN4. The van der Waals surface area contributed by atoms with Gasteiger partial charge in [0.1, 0.15) is 0 Å². The van der Waals surface area contributed by atoms with Crippen molar-refractivity contribution in [3.05, 3.63) is 12.4 Å². The van der Waals surface area contributed by atoms with Crippen LogP contribution in [-0.2, 0) is 6.54 Å². The lowest BCUT2D eigenvalue weighted by molar-refractivity contribution is 0.311. The average molecular weight is 257 g/mol. The molecule has 0 amide bonds. The maximum Gasteiger partial charge on any atom is 0.205 e. The van der Waals surface area contributed by atoms with Gasteiger partial charge < -0.3 is 14.4 Å². The smallest absolute Gasteiger partial charge is 0.205 e. The Hall–Kier alpha value is -0.740. The van der Waals surface area contributed by atoms with E-state index < -0.39 is 0 Å². The standard InChI is InChI=1S/C12H21ClN4/c1-2-16-9-5-14-12(16)17-7-3-6-15(8-4-13)10-11-17/h5,9H,2-4,6-8,10-11H2,1H3. The van der Waals surface area contributed by atoms with Crippen LogP contribution in [0.5, 0.6) is 0 Å². The van der Waals surface area contributed by atoms with Gasteiger partial charge in [-0.3, -0.25) is 0 Å². The maximum atomic E-state index is 5.80. The van der Waals surface area contributed by atoms with Crippen molar-refractivity contribution in [2.75, 3.05) is 43.5 Å². The molecule has 0 unspecified atom stereocenters. The summed E-state index contributed by atoms with van der Waals surface area (Å²) >= 11 is 5.80. The van der Waals surface area contributed by atoms with Crippen LogP contribution in [0, 0.1) is 0 Å². The molecule has 0 bridgehead atoms. The first-order valence-electron chi connectivity index (χ1n) is 6.39. The van der Waals surface area contributed by atoms with E-state index in [1.165, 1.54) is 6.42 Å². The number of aromatic nitrogens is 2. The molecule has 0 spiro atoms. The Bertz CT molecular complexity index is 339. The van der Waals surface area contributed by atoms with Gasteiger partial charge in [-0.1, -0.05) is 0 Å². The molecule has 0 N–H and O–H groups in total. The lowest BCUT2D eigenvalue weighted by Crippen LogP contribution is -2.33. The zero-order valence-corrected chi connectivity index (χ0v) is 11.2. The van der Waals surface area contributed by atoms with Crippen LogP contribution >= 0.6 is 11.6 Å². The zero-order chi connectivity index (χ0) is 12.1.